The van der Waals surface area contributed by atoms with Crippen molar-refractivity contribution in [1.29, 1.82) is 5.26 Å². The van der Waals surface area contributed by atoms with Crippen LogP contribution in [0.3, 0.4) is 0 Å². The summed E-state index contributed by atoms with van der Waals surface area (Å²) in [5.41, 5.74) is -0.982. The molecule has 0 radical (unpaired) electrons. The third kappa shape index (κ3) is 2.47. The summed E-state index contributed by atoms with van der Waals surface area (Å²) in [6, 6.07) is 2.08. The molecule has 1 fully saturated rings. The molecular formula is C13H19N5O2. The molecule has 0 aromatic carbocycles. The van der Waals surface area contributed by atoms with Crippen LogP contribution in [0.4, 0.5) is 5.82 Å². The van der Waals surface area contributed by atoms with Crippen LogP contribution in [0.5, 0.6) is 0 Å². The molecule has 7 nitrogen and oxygen atoms in total. The number of aromatic nitrogens is 2. The summed E-state index contributed by atoms with van der Waals surface area (Å²) in [4.78, 5) is 26.1. The van der Waals surface area contributed by atoms with E-state index in [4.69, 9.17) is 0 Å². The van der Waals surface area contributed by atoms with E-state index in [2.05, 4.69) is 17.3 Å². The fourth-order valence-corrected chi connectivity index (χ4v) is 2.46. The average molecular weight is 277 g/mol. The number of rotatable bonds is 2. The Labute approximate surface area is 117 Å². The third-order valence-electron chi connectivity index (χ3n) is 3.84. The Kier molecular flexibility index (Phi) is 3.95. The maximum atomic E-state index is 12.0. The van der Waals surface area contributed by atoms with E-state index in [0.717, 1.165) is 30.5 Å². The first-order valence-corrected chi connectivity index (χ1v) is 6.61. The molecule has 1 N–H and O–H groups in total. The van der Waals surface area contributed by atoms with Crippen molar-refractivity contribution >= 4 is 5.82 Å². The lowest BCUT2D eigenvalue weighted by Crippen LogP contribution is -2.42. The first kappa shape index (κ1) is 14.3. The molecular weight excluding hydrogens is 258 g/mol. The molecule has 0 saturated carbocycles. The van der Waals surface area contributed by atoms with Crippen molar-refractivity contribution in [1.82, 2.24) is 14.0 Å². The molecule has 1 aliphatic heterocycles. The number of nitrogens with zero attached hydrogens (tertiary/aromatic N) is 4. The number of piperidine rings is 1. The molecule has 1 aliphatic rings. The minimum absolute atomic E-state index is 0.00599. The highest BCUT2D eigenvalue weighted by Crippen LogP contribution is 2.16. The quantitative estimate of drug-likeness (QED) is 0.785. The molecule has 0 spiro atoms. The van der Waals surface area contributed by atoms with Crippen LogP contribution in [0, 0.1) is 11.3 Å². The van der Waals surface area contributed by atoms with E-state index in [-0.39, 0.29) is 11.6 Å². The Bertz CT molecular complexity index is 659. The highest BCUT2D eigenvalue weighted by Gasteiger charge is 2.21. The third-order valence-corrected chi connectivity index (χ3v) is 3.84. The number of nitrogens with one attached hydrogen (secondary N) is 1. The number of nitriles is 1. The molecule has 0 bridgehead atoms. The fourth-order valence-electron chi connectivity index (χ4n) is 2.46. The van der Waals surface area contributed by atoms with Crippen LogP contribution in [0.25, 0.3) is 0 Å². The van der Waals surface area contributed by atoms with Gasteiger partial charge in [-0.25, -0.2) is 4.79 Å². The second-order valence-electron chi connectivity index (χ2n) is 5.26. The number of likely N-dealkylation sites (tertiary alicyclic amines) is 1. The van der Waals surface area contributed by atoms with Crippen LogP contribution >= 0.6 is 0 Å². The van der Waals surface area contributed by atoms with Crippen LogP contribution in [0.1, 0.15) is 18.4 Å². The first-order valence-electron chi connectivity index (χ1n) is 6.61. The molecule has 20 heavy (non-hydrogen) atoms. The summed E-state index contributed by atoms with van der Waals surface area (Å²) in [7, 11) is 5.01. The molecule has 1 saturated heterocycles. The van der Waals surface area contributed by atoms with Crippen molar-refractivity contribution in [2.24, 2.45) is 14.1 Å². The minimum atomic E-state index is -0.550. The molecule has 2 heterocycles. The van der Waals surface area contributed by atoms with Crippen molar-refractivity contribution in [2.45, 2.75) is 18.9 Å². The molecule has 108 valence electrons. The number of hydrogen-bond donors (Lipinski definition) is 1. The second-order valence-corrected chi connectivity index (χ2v) is 5.26. The summed E-state index contributed by atoms with van der Waals surface area (Å²) < 4.78 is 2.29. The molecule has 0 aliphatic carbocycles. The van der Waals surface area contributed by atoms with Gasteiger partial charge in [0.1, 0.15) is 11.9 Å². The molecule has 0 unspecified atom stereocenters. The summed E-state index contributed by atoms with van der Waals surface area (Å²) in [5.74, 6) is 0.329. The Hall–Kier alpha value is -2.07. The lowest BCUT2D eigenvalue weighted by atomic mass is 10.1. The van der Waals surface area contributed by atoms with E-state index in [9.17, 15) is 14.9 Å². The van der Waals surface area contributed by atoms with Gasteiger partial charge in [0, 0.05) is 20.1 Å². The zero-order chi connectivity index (χ0) is 14.9. The van der Waals surface area contributed by atoms with Gasteiger partial charge in [0.25, 0.3) is 5.56 Å². The van der Waals surface area contributed by atoms with Crippen LogP contribution in [-0.2, 0) is 14.1 Å². The number of anilines is 1. The van der Waals surface area contributed by atoms with E-state index >= 15 is 0 Å². The zero-order valence-corrected chi connectivity index (χ0v) is 12.0. The second kappa shape index (κ2) is 5.51. The Balaban J connectivity index is 2.39. The molecule has 1 aromatic rings. The highest BCUT2D eigenvalue weighted by molar-refractivity contribution is 5.51. The highest BCUT2D eigenvalue weighted by atomic mass is 16.2. The van der Waals surface area contributed by atoms with Gasteiger partial charge in [-0.3, -0.25) is 13.9 Å². The first-order chi connectivity index (χ1) is 9.45. The monoisotopic (exact) mass is 277 g/mol. The smallest absolute Gasteiger partial charge is 0.332 e. The lowest BCUT2D eigenvalue weighted by Gasteiger charge is -2.30. The van der Waals surface area contributed by atoms with Crippen molar-refractivity contribution in [2.75, 3.05) is 25.5 Å². The SMILES string of the molecule is CN1CCC(Nc2c(C#N)c(=O)n(C)c(=O)n2C)CC1. The van der Waals surface area contributed by atoms with Gasteiger partial charge in [-0.2, -0.15) is 5.26 Å². The predicted octanol–water partition coefficient (Wildman–Crippen LogP) is -0.538. The van der Waals surface area contributed by atoms with E-state index in [1.165, 1.54) is 11.6 Å². The van der Waals surface area contributed by atoms with Gasteiger partial charge in [0.15, 0.2) is 5.56 Å². The van der Waals surface area contributed by atoms with E-state index < -0.39 is 11.2 Å². The Morgan fingerprint density at radius 1 is 1.15 bits per heavy atom. The fraction of sp³-hybridized carbons (Fsp3) is 0.615. The molecule has 7 heteroatoms. The topological polar surface area (TPSA) is 83.1 Å². The van der Waals surface area contributed by atoms with Crippen molar-refractivity contribution in [3.05, 3.63) is 26.4 Å². The van der Waals surface area contributed by atoms with E-state index in [1.807, 2.05) is 6.07 Å². The van der Waals surface area contributed by atoms with Gasteiger partial charge in [0.05, 0.1) is 0 Å². The minimum Gasteiger partial charge on any atom is -0.367 e. The predicted molar refractivity (Wildman–Crippen MR) is 75.8 cm³/mol. The van der Waals surface area contributed by atoms with Gasteiger partial charge >= 0.3 is 5.69 Å². The largest absolute Gasteiger partial charge is 0.367 e. The number of hydrogen-bond acceptors (Lipinski definition) is 5. The van der Waals surface area contributed by atoms with Crippen molar-refractivity contribution in [3.63, 3.8) is 0 Å². The Morgan fingerprint density at radius 3 is 2.30 bits per heavy atom. The lowest BCUT2D eigenvalue weighted by molar-refractivity contribution is 0.263. The molecule has 2 rings (SSSR count). The summed E-state index contributed by atoms with van der Waals surface area (Å²) in [6.07, 6.45) is 1.84. The normalized spacial score (nSPS) is 16.9. The van der Waals surface area contributed by atoms with Crippen LogP contribution < -0.4 is 16.6 Å². The van der Waals surface area contributed by atoms with E-state index in [0.29, 0.717) is 5.82 Å². The van der Waals surface area contributed by atoms with Crippen LogP contribution in [0.15, 0.2) is 9.59 Å². The van der Waals surface area contributed by atoms with Crippen LogP contribution in [0.2, 0.25) is 0 Å². The van der Waals surface area contributed by atoms with Crippen molar-refractivity contribution < 1.29 is 0 Å². The van der Waals surface area contributed by atoms with Gasteiger partial charge in [-0.15, -0.1) is 0 Å². The maximum absolute atomic E-state index is 12.0. The van der Waals surface area contributed by atoms with E-state index in [1.54, 1.807) is 7.05 Å². The maximum Gasteiger partial charge on any atom is 0.332 e. The zero-order valence-electron chi connectivity index (χ0n) is 12.0. The standard InChI is InChI=1S/C13H19N5O2/c1-16-6-4-9(5-7-16)15-11-10(8-14)12(19)18(3)13(20)17(11)2/h9,15H,4-7H2,1-3H3. The molecule has 0 amide bonds. The van der Waals surface area contributed by atoms with Crippen molar-refractivity contribution in [3.8, 4) is 6.07 Å². The van der Waals surface area contributed by atoms with Gasteiger partial charge < -0.3 is 10.2 Å². The van der Waals surface area contributed by atoms with Gasteiger partial charge in [-0.1, -0.05) is 0 Å². The summed E-state index contributed by atoms with van der Waals surface area (Å²) >= 11 is 0. The van der Waals surface area contributed by atoms with Gasteiger partial charge in [-0.05, 0) is 33.0 Å². The average Bonchev–Trinajstić information content (AvgIpc) is 2.45. The molecule has 1 aromatic heterocycles. The summed E-state index contributed by atoms with van der Waals surface area (Å²) in [6.45, 7) is 1.91. The molecule has 0 atom stereocenters. The van der Waals surface area contributed by atoms with Crippen LogP contribution in [-0.4, -0.2) is 40.2 Å². The van der Waals surface area contributed by atoms with Gasteiger partial charge in [0.2, 0.25) is 0 Å². The summed E-state index contributed by atoms with van der Waals surface area (Å²) in [5, 5.41) is 12.4. The Morgan fingerprint density at radius 2 is 1.75 bits per heavy atom.